The molecule has 0 unspecified atom stereocenters. The number of alkyl halides is 3. The second-order valence-corrected chi connectivity index (χ2v) is 5.63. The molecule has 0 aliphatic carbocycles. The molecule has 0 heterocycles. The van der Waals surface area contributed by atoms with E-state index in [0.29, 0.717) is 11.6 Å². The standard InChI is InChI=1S/C18H16F3NO3/c1-11-5-7-12(8-6-11)9-15(17(24)25)22-16(23)13-3-2-4-14(10-13)18(19,20)21/h2-8,10,15H,9H2,1H3,(H,22,23)(H,24,25)/t15-/m1/s1. The molecule has 2 N–H and O–H groups in total. The fourth-order valence-corrected chi connectivity index (χ4v) is 2.24. The van der Waals surface area contributed by atoms with Gasteiger partial charge in [0, 0.05) is 12.0 Å². The Labute approximate surface area is 142 Å². The van der Waals surface area contributed by atoms with E-state index in [9.17, 15) is 27.9 Å². The monoisotopic (exact) mass is 351 g/mol. The van der Waals surface area contributed by atoms with Gasteiger partial charge in [0.05, 0.1) is 5.56 Å². The first-order valence-electron chi connectivity index (χ1n) is 7.43. The molecule has 1 atom stereocenters. The zero-order chi connectivity index (χ0) is 18.6. The number of halogens is 3. The normalized spacial score (nSPS) is 12.5. The molecule has 4 nitrogen and oxygen atoms in total. The summed E-state index contributed by atoms with van der Waals surface area (Å²) in [5, 5.41) is 11.5. The topological polar surface area (TPSA) is 66.4 Å². The first kappa shape index (κ1) is 18.5. The molecule has 0 saturated carbocycles. The first-order valence-corrected chi connectivity index (χ1v) is 7.43. The van der Waals surface area contributed by atoms with Gasteiger partial charge in [0.15, 0.2) is 0 Å². The van der Waals surface area contributed by atoms with Crippen LogP contribution in [0, 0.1) is 6.92 Å². The van der Waals surface area contributed by atoms with E-state index < -0.39 is 29.7 Å². The summed E-state index contributed by atoms with van der Waals surface area (Å²) < 4.78 is 38.1. The van der Waals surface area contributed by atoms with Gasteiger partial charge in [-0.3, -0.25) is 4.79 Å². The molecular formula is C18H16F3NO3. The molecule has 0 aromatic heterocycles. The summed E-state index contributed by atoms with van der Waals surface area (Å²) in [6.07, 6.45) is -4.55. The third kappa shape index (κ3) is 5.07. The molecule has 0 spiro atoms. The predicted octanol–water partition coefficient (Wildman–Crippen LogP) is 3.44. The van der Waals surface area contributed by atoms with Crippen molar-refractivity contribution in [3.05, 3.63) is 70.8 Å². The van der Waals surface area contributed by atoms with E-state index in [1.54, 1.807) is 12.1 Å². The van der Waals surface area contributed by atoms with E-state index >= 15 is 0 Å². The quantitative estimate of drug-likeness (QED) is 0.867. The number of carbonyl (C=O) groups is 2. The van der Waals surface area contributed by atoms with Gasteiger partial charge < -0.3 is 10.4 Å². The number of nitrogens with one attached hydrogen (secondary N) is 1. The zero-order valence-corrected chi connectivity index (χ0v) is 13.3. The molecule has 2 aromatic carbocycles. The van der Waals surface area contributed by atoms with Crippen molar-refractivity contribution in [3.8, 4) is 0 Å². The molecule has 0 aliphatic heterocycles. The lowest BCUT2D eigenvalue weighted by molar-refractivity contribution is -0.139. The van der Waals surface area contributed by atoms with Crippen LogP contribution in [0.2, 0.25) is 0 Å². The van der Waals surface area contributed by atoms with E-state index in [1.165, 1.54) is 6.07 Å². The smallest absolute Gasteiger partial charge is 0.416 e. The minimum absolute atomic E-state index is 0.0281. The Kier molecular flexibility index (Phi) is 5.46. The largest absolute Gasteiger partial charge is 0.480 e. The maximum absolute atomic E-state index is 12.7. The van der Waals surface area contributed by atoms with Crippen LogP contribution in [0.1, 0.15) is 27.0 Å². The predicted molar refractivity (Wildman–Crippen MR) is 85.2 cm³/mol. The third-order valence-electron chi connectivity index (χ3n) is 3.62. The first-order chi connectivity index (χ1) is 11.7. The minimum atomic E-state index is -4.58. The molecule has 0 aliphatic rings. The number of aliphatic carboxylic acids is 1. The zero-order valence-electron chi connectivity index (χ0n) is 13.3. The lowest BCUT2D eigenvalue weighted by atomic mass is 10.0. The van der Waals surface area contributed by atoms with Gasteiger partial charge in [-0.05, 0) is 30.7 Å². The van der Waals surface area contributed by atoms with Crippen molar-refractivity contribution in [1.82, 2.24) is 5.32 Å². The van der Waals surface area contributed by atoms with Gasteiger partial charge in [0.1, 0.15) is 6.04 Å². The average Bonchev–Trinajstić information content (AvgIpc) is 2.55. The highest BCUT2D eigenvalue weighted by Crippen LogP contribution is 2.29. The van der Waals surface area contributed by atoms with Gasteiger partial charge in [0.2, 0.25) is 0 Å². The van der Waals surface area contributed by atoms with Crippen molar-refractivity contribution in [2.24, 2.45) is 0 Å². The number of carboxylic acid groups (broad SMARTS) is 1. The summed E-state index contributed by atoms with van der Waals surface area (Å²) in [5.74, 6) is -2.13. The minimum Gasteiger partial charge on any atom is -0.480 e. The molecule has 25 heavy (non-hydrogen) atoms. The number of aryl methyl sites for hydroxylation is 1. The number of hydrogen-bond donors (Lipinski definition) is 2. The van der Waals surface area contributed by atoms with Gasteiger partial charge in [-0.25, -0.2) is 4.79 Å². The van der Waals surface area contributed by atoms with Crippen LogP contribution in [0.3, 0.4) is 0 Å². The number of carbonyl (C=O) groups excluding carboxylic acids is 1. The van der Waals surface area contributed by atoms with Crippen LogP contribution >= 0.6 is 0 Å². The third-order valence-corrected chi connectivity index (χ3v) is 3.62. The highest BCUT2D eigenvalue weighted by atomic mass is 19.4. The van der Waals surface area contributed by atoms with Crippen LogP contribution in [-0.2, 0) is 17.4 Å². The van der Waals surface area contributed by atoms with Crippen LogP contribution < -0.4 is 5.32 Å². The Morgan fingerprint density at radius 2 is 1.76 bits per heavy atom. The summed E-state index contributed by atoms with van der Waals surface area (Å²) in [6.45, 7) is 1.88. The van der Waals surface area contributed by atoms with Crippen molar-refractivity contribution in [2.75, 3.05) is 0 Å². The Balaban J connectivity index is 2.15. The summed E-state index contributed by atoms with van der Waals surface area (Å²) in [5.41, 5.74) is 0.488. The van der Waals surface area contributed by atoms with Crippen molar-refractivity contribution >= 4 is 11.9 Å². The SMILES string of the molecule is Cc1ccc(C[C@@H](NC(=O)c2cccc(C(F)(F)F)c2)C(=O)O)cc1. The van der Waals surface area contributed by atoms with Crippen LogP contribution in [-0.4, -0.2) is 23.0 Å². The number of amides is 1. The molecule has 0 fully saturated rings. The molecule has 0 saturated heterocycles. The van der Waals surface area contributed by atoms with Crippen molar-refractivity contribution in [1.29, 1.82) is 0 Å². The van der Waals surface area contributed by atoms with Crippen molar-refractivity contribution < 1.29 is 27.9 Å². The fourth-order valence-electron chi connectivity index (χ4n) is 2.24. The van der Waals surface area contributed by atoms with Crippen LogP contribution in [0.25, 0.3) is 0 Å². The Bertz CT molecular complexity index is 770. The van der Waals surface area contributed by atoms with E-state index in [1.807, 2.05) is 19.1 Å². The number of hydrogen-bond acceptors (Lipinski definition) is 2. The van der Waals surface area contributed by atoms with Crippen LogP contribution in [0.5, 0.6) is 0 Å². The van der Waals surface area contributed by atoms with Crippen LogP contribution in [0.4, 0.5) is 13.2 Å². The van der Waals surface area contributed by atoms with Crippen LogP contribution in [0.15, 0.2) is 48.5 Å². The highest BCUT2D eigenvalue weighted by molar-refractivity contribution is 5.96. The van der Waals surface area contributed by atoms with E-state index in [2.05, 4.69) is 5.32 Å². The Morgan fingerprint density at radius 3 is 2.32 bits per heavy atom. The summed E-state index contributed by atoms with van der Waals surface area (Å²) in [4.78, 5) is 23.5. The molecule has 7 heteroatoms. The molecular weight excluding hydrogens is 335 g/mol. The molecule has 2 rings (SSSR count). The lowest BCUT2D eigenvalue weighted by Crippen LogP contribution is -2.42. The van der Waals surface area contributed by atoms with E-state index in [-0.39, 0.29) is 12.0 Å². The number of benzene rings is 2. The Hall–Kier alpha value is -2.83. The fraction of sp³-hybridized carbons (Fsp3) is 0.222. The lowest BCUT2D eigenvalue weighted by Gasteiger charge is -2.15. The molecule has 2 aromatic rings. The maximum Gasteiger partial charge on any atom is 0.416 e. The summed E-state index contributed by atoms with van der Waals surface area (Å²) in [6, 6.07) is 9.69. The highest BCUT2D eigenvalue weighted by Gasteiger charge is 2.31. The number of rotatable bonds is 5. The Morgan fingerprint density at radius 1 is 1.12 bits per heavy atom. The van der Waals surface area contributed by atoms with Gasteiger partial charge in [-0.15, -0.1) is 0 Å². The maximum atomic E-state index is 12.7. The van der Waals surface area contributed by atoms with Gasteiger partial charge in [-0.2, -0.15) is 13.2 Å². The molecule has 132 valence electrons. The van der Waals surface area contributed by atoms with Gasteiger partial charge in [-0.1, -0.05) is 35.9 Å². The average molecular weight is 351 g/mol. The van der Waals surface area contributed by atoms with Gasteiger partial charge >= 0.3 is 12.1 Å². The second-order valence-electron chi connectivity index (χ2n) is 5.63. The van der Waals surface area contributed by atoms with E-state index in [4.69, 9.17) is 0 Å². The van der Waals surface area contributed by atoms with Crippen molar-refractivity contribution in [2.45, 2.75) is 25.6 Å². The van der Waals surface area contributed by atoms with Crippen molar-refractivity contribution in [3.63, 3.8) is 0 Å². The molecule has 0 radical (unpaired) electrons. The summed E-state index contributed by atoms with van der Waals surface area (Å²) in [7, 11) is 0. The molecule has 1 amide bonds. The summed E-state index contributed by atoms with van der Waals surface area (Å²) >= 11 is 0. The van der Waals surface area contributed by atoms with Gasteiger partial charge in [0.25, 0.3) is 5.91 Å². The van der Waals surface area contributed by atoms with E-state index in [0.717, 1.165) is 17.7 Å². The second kappa shape index (κ2) is 7.38. The number of carboxylic acids is 1. The molecule has 0 bridgehead atoms.